The summed E-state index contributed by atoms with van der Waals surface area (Å²) in [6.07, 6.45) is 36.3. The van der Waals surface area contributed by atoms with Crippen molar-refractivity contribution in [3.8, 4) is 0 Å². The molecule has 0 saturated heterocycles. The molecular weight excluding hydrogens is 452 g/mol. The van der Waals surface area contributed by atoms with Crippen LogP contribution in [-0.2, 0) is 9.53 Å². The molecule has 0 aromatic rings. The first kappa shape index (κ1) is 36.5. The van der Waals surface area contributed by atoms with Crippen molar-refractivity contribution in [2.45, 2.75) is 201 Å². The molecule has 0 aliphatic carbocycles. The van der Waals surface area contributed by atoms with Crippen LogP contribution in [0.5, 0.6) is 0 Å². The Balaban J connectivity index is 4.07. The minimum absolute atomic E-state index is 0.0443. The summed E-state index contributed by atoms with van der Waals surface area (Å²) in [5.74, 6) is 0.675. The largest absolute Gasteiger partial charge is 0.465 e. The van der Waals surface area contributed by atoms with Gasteiger partial charge in [0.25, 0.3) is 0 Å². The van der Waals surface area contributed by atoms with Gasteiger partial charge in [-0.05, 0) is 25.2 Å². The van der Waals surface area contributed by atoms with E-state index in [0.717, 1.165) is 12.8 Å². The van der Waals surface area contributed by atoms with E-state index in [0.29, 0.717) is 12.5 Å². The first-order chi connectivity index (χ1) is 18.2. The van der Waals surface area contributed by atoms with Crippen LogP contribution in [0.25, 0.3) is 0 Å². The Kier molecular flexibility index (Phi) is 29.6. The molecule has 37 heavy (non-hydrogen) atoms. The normalized spacial score (nSPS) is 13.1. The second-order valence-electron chi connectivity index (χ2n) is 12.2. The van der Waals surface area contributed by atoms with Crippen molar-refractivity contribution in [2.24, 2.45) is 11.8 Å². The maximum atomic E-state index is 12.5. The number of unbranched alkanes of at least 4 members (excludes halogenated alkanes) is 21. The third kappa shape index (κ3) is 26.8. The minimum Gasteiger partial charge on any atom is -0.465 e. The van der Waals surface area contributed by atoms with Crippen molar-refractivity contribution in [3.05, 3.63) is 0 Å². The molecule has 0 radical (unpaired) electrons. The second-order valence-corrected chi connectivity index (χ2v) is 12.2. The van der Waals surface area contributed by atoms with Gasteiger partial charge in [-0.25, -0.2) is 0 Å². The molecule has 0 N–H and O–H groups in total. The zero-order valence-electron chi connectivity index (χ0n) is 26.3. The fourth-order valence-corrected chi connectivity index (χ4v) is 5.49. The van der Waals surface area contributed by atoms with Gasteiger partial charge in [-0.1, -0.05) is 182 Å². The van der Waals surface area contributed by atoms with Gasteiger partial charge in [0, 0.05) is 0 Å². The van der Waals surface area contributed by atoms with Gasteiger partial charge in [0.1, 0.15) is 0 Å². The average molecular weight is 523 g/mol. The molecule has 0 aromatic heterocycles. The summed E-state index contributed by atoms with van der Waals surface area (Å²) in [4.78, 5) is 12.5. The molecule has 0 amide bonds. The maximum Gasteiger partial charge on any atom is 0.308 e. The fourth-order valence-electron chi connectivity index (χ4n) is 5.49. The smallest absolute Gasteiger partial charge is 0.308 e. The number of ether oxygens (including phenoxy) is 1. The summed E-state index contributed by atoms with van der Waals surface area (Å²) in [7, 11) is 0. The van der Waals surface area contributed by atoms with Crippen LogP contribution in [0.2, 0.25) is 0 Å². The van der Waals surface area contributed by atoms with Crippen molar-refractivity contribution in [2.75, 3.05) is 6.61 Å². The number of rotatable bonds is 30. The molecule has 0 spiro atoms. The molecule has 0 saturated carbocycles. The van der Waals surface area contributed by atoms with Crippen molar-refractivity contribution >= 4 is 5.97 Å². The van der Waals surface area contributed by atoms with Gasteiger partial charge < -0.3 is 4.74 Å². The highest BCUT2D eigenvalue weighted by molar-refractivity contribution is 5.71. The summed E-state index contributed by atoms with van der Waals surface area (Å²) in [6, 6.07) is 0. The quantitative estimate of drug-likeness (QED) is 0.0692. The van der Waals surface area contributed by atoms with Gasteiger partial charge >= 0.3 is 5.97 Å². The summed E-state index contributed by atoms with van der Waals surface area (Å²) >= 11 is 0. The minimum atomic E-state index is 0.0443. The predicted molar refractivity (Wildman–Crippen MR) is 165 cm³/mol. The summed E-state index contributed by atoms with van der Waals surface area (Å²) in [6.45, 7) is 9.51. The van der Waals surface area contributed by atoms with E-state index >= 15 is 0 Å². The first-order valence-electron chi connectivity index (χ1n) is 17.3. The average Bonchev–Trinajstić information content (AvgIpc) is 2.90. The SMILES string of the molecule is CCCCCCCCCCCCCCC(CCCCCCCCCCC)COC(=O)C(C)CCCCC. The van der Waals surface area contributed by atoms with Crippen molar-refractivity contribution in [1.82, 2.24) is 0 Å². The van der Waals surface area contributed by atoms with Gasteiger partial charge in [-0.3, -0.25) is 4.79 Å². The van der Waals surface area contributed by atoms with Crippen LogP contribution >= 0.6 is 0 Å². The number of carbonyl (C=O) groups excluding carboxylic acids is 1. The highest BCUT2D eigenvalue weighted by atomic mass is 16.5. The van der Waals surface area contributed by atoms with E-state index in [2.05, 4.69) is 27.7 Å². The molecule has 0 bridgehead atoms. The zero-order chi connectivity index (χ0) is 27.2. The topological polar surface area (TPSA) is 26.3 Å². The van der Waals surface area contributed by atoms with Crippen LogP contribution in [0.1, 0.15) is 201 Å². The van der Waals surface area contributed by atoms with E-state index in [9.17, 15) is 4.79 Å². The molecule has 222 valence electrons. The first-order valence-corrected chi connectivity index (χ1v) is 17.3. The fraction of sp³-hybridized carbons (Fsp3) is 0.971. The summed E-state index contributed by atoms with van der Waals surface area (Å²) in [5.41, 5.74) is 0. The van der Waals surface area contributed by atoms with E-state index in [-0.39, 0.29) is 11.9 Å². The van der Waals surface area contributed by atoms with Crippen molar-refractivity contribution in [1.29, 1.82) is 0 Å². The lowest BCUT2D eigenvalue weighted by molar-refractivity contribution is -0.149. The lowest BCUT2D eigenvalue weighted by Gasteiger charge is -2.19. The predicted octanol–water partition coefficient (Wildman–Crippen LogP) is 12.4. The van der Waals surface area contributed by atoms with E-state index in [1.807, 2.05) is 0 Å². The molecule has 0 aliphatic rings. The van der Waals surface area contributed by atoms with E-state index in [4.69, 9.17) is 4.74 Å². The Morgan fingerprint density at radius 3 is 1.14 bits per heavy atom. The highest BCUT2D eigenvalue weighted by Gasteiger charge is 2.17. The monoisotopic (exact) mass is 523 g/mol. The Morgan fingerprint density at radius 1 is 0.459 bits per heavy atom. The molecule has 0 rings (SSSR count). The van der Waals surface area contributed by atoms with Crippen molar-refractivity contribution < 1.29 is 9.53 Å². The van der Waals surface area contributed by atoms with Crippen LogP contribution in [0.3, 0.4) is 0 Å². The van der Waals surface area contributed by atoms with Crippen molar-refractivity contribution in [3.63, 3.8) is 0 Å². The van der Waals surface area contributed by atoms with Gasteiger partial charge in [0.05, 0.1) is 12.5 Å². The molecule has 0 heterocycles. The number of hydrogen-bond donors (Lipinski definition) is 0. The van der Waals surface area contributed by atoms with Crippen LogP contribution in [0.4, 0.5) is 0 Å². The van der Waals surface area contributed by atoms with Crippen LogP contribution in [0.15, 0.2) is 0 Å². The molecular formula is C35H70O2. The molecule has 2 heteroatoms. The van der Waals surface area contributed by atoms with E-state index < -0.39 is 0 Å². The highest BCUT2D eigenvalue weighted by Crippen LogP contribution is 2.21. The standard InChI is InChI=1S/C35H70O2/c1-5-8-11-13-15-17-18-19-21-23-25-28-31-34(30-27-24-22-20-16-14-12-9-6-2)32-37-35(36)33(4)29-26-10-7-3/h33-34H,5-32H2,1-4H3. The Bertz CT molecular complexity index is 447. The van der Waals surface area contributed by atoms with Gasteiger partial charge in [0.2, 0.25) is 0 Å². The molecule has 0 fully saturated rings. The summed E-state index contributed by atoms with van der Waals surface area (Å²) < 4.78 is 5.85. The number of hydrogen-bond acceptors (Lipinski definition) is 2. The third-order valence-electron chi connectivity index (χ3n) is 8.29. The summed E-state index contributed by atoms with van der Waals surface area (Å²) in [5, 5.41) is 0. The van der Waals surface area contributed by atoms with Gasteiger partial charge in [0.15, 0.2) is 0 Å². The zero-order valence-corrected chi connectivity index (χ0v) is 26.3. The van der Waals surface area contributed by atoms with Gasteiger partial charge in [-0.2, -0.15) is 0 Å². The Labute approximate surface area is 234 Å². The molecule has 0 aliphatic heterocycles. The third-order valence-corrected chi connectivity index (χ3v) is 8.29. The maximum absolute atomic E-state index is 12.5. The molecule has 2 unspecified atom stereocenters. The van der Waals surface area contributed by atoms with E-state index in [1.54, 1.807) is 0 Å². The van der Waals surface area contributed by atoms with E-state index in [1.165, 1.54) is 161 Å². The lowest BCUT2D eigenvalue weighted by Crippen LogP contribution is -2.19. The molecule has 0 aromatic carbocycles. The Hall–Kier alpha value is -0.530. The lowest BCUT2D eigenvalue weighted by atomic mass is 9.94. The molecule has 2 nitrogen and oxygen atoms in total. The van der Waals surface area contributed by atoms with Crippen LogP contribution in [0, 0.1) is 11.8 Å². The van der Waals surface area contributed by atoms with Gasteiger partial charge in [-0.15, -0.1) is 0 Å². The molecule has 2 atom stereocenters. The number of esters is 1. The number of carbonyl (C=O) groups is 1. The van der Waals surface area contributed by atoms with Crippen LogP contribution < -0.4 is 0 Å². The second kappa shape index (κ2) is 30.0. The Morgan fingerprint density at radius 2 is 0.757 bits per heavy atom. The van der Waals surface area contributed by atoms with Crippen LogP contribution in [-0.4, -0.2) is 12.6 Å².